The van der Waals surface area contributed by atoms with E-state index < -0.39 is 11.2 Å². The maximum absolute atomic E-state index is 12.4. The SMILES string of the molecule is CC(C(=O)OC(C)(C)C)c1ccc(-c2cccn2-c2ccc(CCC(=O)OC(C)(C)C)cc2)cc1. The molecular formula is C30H37NO4. The van der Waals surface area contributed by atoms with Crippen LogP contribution in [-0.2, 0) is 25.5 Å². The Morgan fingerprint density at radius 1 is 0.829 bits per heavy atom. The quantitative estimate of drug-likeness (QED) is 0.350. The summed E-state index contributed by atoms with van der Waals surface area (Å²) in [6.45, 7) is 13.1. The molecule has 0 radical (unpaired) electrons. The third-order valence-electron chi connectivity index (χ3n) is 5.47. The predicted octanol–water partition coefficient (Wildman–Crippen LogP) is 6.86. The second-order valence-corrected chi connectivity index (χ2v) is 10.9. The molecule has 3 rings (SSSR count). The molecule has 0 N–H and O–H groups in total. The number of hydrogen-bond acceptors (Lipinski definition) is 4. The summed E-state index contributed by atoms with van der Waals surface area (Å²) in [5.41, 5.74) is 4.21. The van der Waals surface area contributed by atoms with E-state index >= 15 is 0 Å². The standard InChI is InChI=1S/C30H37NO4/c1-21(28(33)35-30(5,6)7)23-13-15-24(16-14-23)26-9-8-20-31(26)25-17-10-22(11-18-25)12-19-27(32)34-29(2,3)4/h8-11,13-18,20-21H,12,19H2,1-7H3. The number of nitrogens with zero attached hydrogens (tertiary/aromatic N) is 1. The molecule has 5 nitrogen and oxygen atoms in total. The molecule has 5 heteroatoms. The number of benzene rings is 2. The molecule has 0 aliphatic heterocycles. The van der Waals surface area contributed by atoms with Gasteiger partial charge in [-0.2, -0.15) is 0 Å². The van der Waals surface area contributed by atoms with E-state index in [-0.39, 0.29) is 17.9 Å². The van der Waals surface area contributed by atoms with Gasteiger partial charge in [-0.25, -0.2) is 0 Å². The first-order chi connectivity index (χ1) is 16.3. The summed E-state index contributed by atoms with van der Waals surface area (Å²) in [6, 6.07) is 20.4. The topological polar surface area (TPSA) is 57.5 Å². The Bertz CT molecular complexity index is 1140. The molecule has 0 spiro atoms. The molecule has 0 saturated carbocycles. The molecular weight excluding hydrogens is 438 g/mol. The van der Waals surface area contributed by atoms with Crippen molar-refractivity contribution in [2.45, 2.75) is 78.4 Å². The van der Waals surface area contributed by atoms with E-state index in [4.69, 9.17) is 9.47 Å². The van der Waals surface area contributed by atoms with Crippen molar-refractivity contribution < 1.29 is 19.1 Å². The fourth-order valence-electron chi connectivity index (χ4n) is 3.77. The molecule has 1 aromatic heterocycles. The average molecular weight is 476 g/mol. The van der Waals surface area contributed by atoms with Crippen LogP contribution < -0.4 is 0 Å². The van der Waals surface area contributed by atoms with Gasteiger partial charge in [0.05, 0.1) is 11.6 Å². The zero-order chi connectivity index (χ0) is 25.8. The monoisotopic (exact) mass is 475 g/mol. The fraction of sp³-hybridized carbons (Fsp3) is 0.400. The summed E-state index contributed by atoms with van der Waals surface area (Å²) in [5, 5.41) is 0. The van der Waals surface area contributed by atoms with E-state index in [1.54, 1.807) is 0 Å². The van der Waals surface area contributed by atoms with Gasteiger partial charge in [0.1, 0.15) is 11.2 Å². The van der Waals surface area contributed by atoms with Gasteiger partial charge in [0, 0.05) is 18.3 Å². The van der Waals surface area contributed by atoms with Gasteiger partial charge in [-0.3, -0.25) is 9.59 Å². The number of hydrogen-bond donors (Lipinski definition) is 0. The number of rotatable bonds is 7. The summed E-state index contributed by atoms with van der Waals surface area (Å²) >= 11 is 0. The van der Waals surface area contributed by atoms with Gasteiger partial charge < -0.3 is 14.0 Å². The molecule has 0 amide bonds. The molecule has 35 heavy (non-hydrogen) atoms. The summed E-state index contributed by atoms with van der Waals surface area (Å²) in [4.78, 5) is 24.4. The van der Waals surface area contributed by atoms with E-state index in [0.29, 0.717) is 12.8 Å². The number of carbonyl (C=O) groups excluding carboxylic acids is 2. The maximum Gasteiger partial charge on any atom is 0.313 e. The van der Waals surface area contributed by atoms with Crippen LogP contribution in [0.4, 0.5) is 0 Å². The van der Waals surface area contributed by atoms with Crippen LogP contribution in [0.2, 0.25) is 0 Å². The van der Waals surface area contributed by atoms with Crippen LogP contribution >= 0.6 is 0 Å². The first-order valence-corrected chi connectivity index (χ1v) is 12.1. The van der Waals surface area contributed by atoms with Crippen molar-refractivity contribution in [3.05, 3.63) is 78.0 Å². The lowest BCUT2D eigenvalue weighted by atomic mass is 9.99. The smallest absolute Gasteiger partial charge is 0.313 e. The molecule has 0 bridgehead atoms. The van der Waals surface area contributed by atoms with Crippen LogP contribution in [0.3, 0.4) is 0 Å². The first-order valence-electron chi connectivity index (χ1n) is 12.1. The van der Waals surface area contributed by atoms with Crippen molar-refractivity contribution in [3.8, 4) is 16.9 Å². The zero-order valence-electron chi connectivity index (χ0n) is 21.9. The highest BCUT2D eigenvalue weighted by Gasteiger charge is 2.23. The number of esters is 2. The summed E-state index contributed by atoms with van der Waals surface area (Å²) < 4.78 is 13.1. The fourth-order valence-corrected chi connectivity index (χ4v) is 3.77. The molecule has 0 aliphatic rings. The van der Waals surface area contributed by atoms with Gasteiger partial charge in [0.15, 0.2) is 0 Å². The molecule has 0 aliphatic carbocycles. The van der Waals surface area contributed by atoms with Crippen LogP contribution in [-0.4, -0.2) is 27.7 Å². The molecule has 186 valence electrons. The van der Waals surface area contributed by atoms with Crippen LogP contribution in [0.25, 0.3) is 16.9 Å². The van der Waals surface area contributed by atoms with Gasteiger partial charge >= 0.3 is 11.9 Å². The highest BCUT2D eigenvalue weighted by Crippen LogP contribution is 2.27. The highest BCUT2D eigenvalue weighted by atomic mass is 16.6. The van der Waals surface area contributed by atoms with E-state index in [1.807, 2.05) is 85.0 Å². The highest BCUT2D eigenvalue weighted by molar-refractivity contribution is 5.78. The van der Waals surface area contributed by atoms with Crippen molar-refractivity contribution in [3.63, 3.8) is 0 Å². The number of carbonyl (C=O) groups is 2. The Morgan fingerprint density at radius 2 is 1.43 bits per heavy atom. The largest absolute Gasteiger partial charge is 0.460 e. The van der Waals surface area contributed by atoms with E-state index in [9.17, 15) is 9.59 Å². The van der Waals surface area contributed by atoms with Crippen molar-refractivity contribution >= 4 is 11.9 Å². The normalized spacial score (nSPS) is 12.8. The number of aryl methyl sites for hydroxylation is 1. The predicted molar refractivity (Wildman–Crippen MR) is 140 cm³/mol. The third-order valence-corrected chi connectivity index (χ3v) is 5.47. The van der Waals surface area contributed by atoms with Gasteiger partial charge in [-0.05, 0) is 95.8 Å². The van der Waals surface area contributed by atoms with Crippen molar-refractivity contribution in [2.24, 2.45) is 0 Å². The molecule has 1 atom stereocenters. The lowest BCUT2D eigenvalue weighted by Gasteiger charge is -2.22. The Kier molecular flexibility index (Phi) is 7.89. The third kappa shape index (κ3) is 7.57. The Labute approximate surface area is 209 Å². The number of ether oxygens (including phenoxy) is 2. The Balaban J connectivity index is 1.70. The van der Waals surface area contributed by atoms with Crippen LogP contribution in [0.15, 0.2) is 66.9 Å². The van der Waals surface area contributed by atoms with Gasteiger partial charge in [0.2, 0.25) is 0 Å². The van der Waals surface area contributed by atoms with Crippen LogP contribution in [0.1, 0.15) is 71.9 Å². The van der Waals surface area contributed by atoms with Gasteiger partial charge in [0.25, 0.3) is 0 Å². The van der Waals surface area contributed by atoms with Crippen molar-refractivity contribution in [2.75, 3.05) is 0 Å². The average Bonchev–Trinajstić information content (AvgIpc) is 3.25. The zero-order valence-corrected chi connectivity index (χ0v) is 21.9. The Morgan fingerprint density at radius 3 is 2.00 bits per heavy atom. The molecule has 3 aromatic rings. The summed E-state index contributed by atoms with van der Waals surface area (Å²) in [5.74, 6) is -0.734. The minimum absolute atomic E-state index is 0.182. The molecule has 0 saturated heterocycles. The van der Waals surface area contributed by atoms with E-state index in [0.717, 1.165) is 28.1 Å². The minimum Gasteiger partial charge on any atom is -0.460 e. The molecule has 1 heterocycles. The second kappa shape index (κ2) is 10.5. The van der Waals surface area contributed by atoms with E-state index in [2.05, 4.69) is 34.9 Å². The first kappa shape index (κ1) is 26.3. The summed E-state index contributed by atoms with van der Waals surface area (Å²) in [6.07, 6.45) is 3.03. The van der Waals surface area contributed by atoms with Gasteiger partial charge in [-0.1, -0.05) is 36.4 Å². The van der Waals surface area contributed by atoms with E-state index in [1.165, 1.54) is 0 Å². The molecule has 0 fully saturated rings. The summed E-state index contributed by atoms with van der Waals surface area (Å²) in [7, 11) is 0. The minimum atomic E-state index is -0.503. The Hall–Kier alpha value is -3.34. The maximum atomic E-state index is 12.4. The van der Waals surface area contributed by atoms with Crippen LogP contribution in [0, 0.1) is 0 Å². The lowest BCUT2D eigenvalue weighted by Crippen LogP contribution is -2.26. The second-order valence-electron chi connectivity index (χ2n) is 10.9. The van der Waals surface area contributed by atoms with Crippen LogP contribution in [0.5, 0.6) is 0 Å². The molecule has 2 aromatic carbocycles. The van der Waals surface area contributed by atoms with Crippen molar-refractivity contribution in [1.29, 1.82) is 0 Å². The van der Waals surface area contributed by atoms with Crippen molar-refractivity contribution in [1.82, 2.24) is 4.57 Å². The lowest BCUT2D eigenvalue weighted by molar-refractivity contribution is -0.156. The molecule has 1 unspecified atom stereocenters. The number of aromatic nitrogens is 1. The van der Waals surface area contributed by atoms with Gasteiger partial charge in [-0.15, -0.1) is 0 Å².